The minimum atomic E-state index is -3.86. The molecule has 0 unspecified atom stereocenters. The number of benzene rings is 2. The molecule has 0 saturated heterocycles. The van der Waals surface area contributed by atoms with Gasteiger partial charge in [0.15, 0.2) is 17.1 Å². The molecule has 35 heavy (non-hydrogen) atoms. The van der Waals surface area contributed by atoms with E-state index < -0.39 is 10.0 Å². The number of hydrogen-bond donors (Lipinski definition) is 2. The van der Waals surface area contributed by atoms with E-state index in [9.17, 15) is 13.2 Å². The molecule has 2 aromatic carbocycles. The van der Waals surface area contributed by atoms with Gasteiger partial charge < -0.3 is 14.8 Å². The van der Waals surface area contributed by atoms with Gasteiger partial charge in [0, 0.05) is 28.7 Å². The summed E-state index contributed by atoms with van der Waals surface area (Å²) in [7, 11) is -3.86. The zero-order valence-corrected chi connectivity index (χ0v) is 19.9. The summed E-state index contributed by atoms with van der Waals surface area (Å²) in [5, 5.41) is 7.96. The summed E-state index contributed by atoms with van der Waals surface area (Å²) in [5.74, 6) is 0.549. The molecule has 3 heterocycles. The first-order chi connectivity index (χ1) is 16.8. The van der Waals surface area contributed by atoms with Gasteiger partial charge in [-0.25, -0.2) is 18.1 Å². The van der Waals surface area contributed by atoms with Crippen LogP contribution in [0.25, 0.3) is 11.0 Å². The van der Waals surface area contributed by atoms with Gasteiger partial charge >= 0.3 is 0 Å². The molecule has 0 radical (unpaired) electrons. The number of rotatable bonds is 6. The lowest BCUT2D eigenvalue weighted by molar-refractivity contribution is 0.102. The van der Waals surface area contributed by atoms with Crippen LogP contribution in [-0.4, -0.2) is 42.3 Å². The van der Waals surface area contributed by atoms with Gasteiger partial charge in [-0.1, -0.05) is 0 Å². The second-order valence-corrected chi connectivity index (χ2v) is 9.94. The number of anilines is 2. The Balaban J connectivity index is 1.28. The van der Waals surface area contributed by atoms with E-state index in [1.807, 2.05) is 24.6 Å². The number of carbonyl (C=O) groups excluding carboxylic acids is 1. The molecule has 0 atom stereocenters. The largest absolute Gasteiger partial charge is 0.486 e. The molecule has 2 N–H and O–H groups in total. The Hall–Kier alpha value is -4.12. The molecule has 2 aromatic heterocycles. The Kier molecular flexibility index (Phi) is 5.77. The Morgan fingerprint density at radius 3 is 2.46 bits per heavy atom. The first kappa shape index (κ1) is 22.7. The highest BCUT2D eigenvalue weighted by Crippen LogP contribution is 2.32. The van der Waals surface area contributed by atoms with E-state index in [0.717, 1.165) is 11.0 Å². The van der Waals surface area contributed by atoms with Crippen molar-refractivity contribution in [3.63, 3.8) is 0 Å². The molecular formula is C24H23N5O5S. The Morgan fingerprint density at radius 1 is 0.971 bits per heavy atom. The number of pyridine rings is 1. The average Bonchev–Trinajstić information content (AvgIpc) is 3.27. The number of ether oxygens (including phenoxy) is 2. The number of hydrogen-bond acceptors (Lipinski definition) is 7. The minimum absolute atomic E-state index is 0.0484. The van der Waals surface area contributed by atoms with E-state index in [4.69, 9.17) is 9.47 Å². The fourth-order valence-corrected chi connectivity index (χ4v) is 4.76. The van der Waals surface area contributed by atoms with Crippen molar-refractivity contribution < 1.29 is 22.7 Å². The summed E-state index contributed by atoms with van der Waals surface area (Å²) in [6.07, 6.45) is 3.29. The van der Waals surface area contributed by atoms with Gasteiger partial charge in [0.25, 0.3) is 15.9 Å². The summed E-state index contributed by atoms with van der Waals surface area (Å²) < 4.78 is 40.8. The van der Waals surface area contributed by atoms with Crippen LogP contribution in [0.4, 0.5) is 11.4 Å². The van der Waals surface area contributed by atoms with Crippen LogP contribution < -0.4 is 19.5 Å². The zero-order chi connectivity index (χ0) is 24.6. The fourth-order valence-electron chi connectivity index (χ4n) is 3.68. The van der Waals surface area contributed by atoms with E-state index >= 15 is 0 Å². The number of nitrogens with zero attached hydrogens (tertiary/aromatic N) is 3. The predicted octanol–water partition coefficient (Wildman–Crippen LogP) is 3.84. The topological polar surface area (TPSA) is 124 Å². The van der Waals surface area contributed by atoms with E-state index in [2.05, 4.69) is 20.1 Å². The second-order valence-electron chi connectivity index (χ2n) is 8.26. The van der Waals surface area contributed by atoms with Crippen molar-refractivity contribution in [3.8, 4) is 11.5 Å². The summed E-state index contributed by atoms with van der Waals surface area (Å²) in [4.78, 5) is 17.2. The maximum atomic E-state index is 12.8. The molecule has 0 bridgehead atoms. The third-order valence-electron chi connectivity index (χ3n) is 5.40. The quantitative estimate of drug-likeness (QED) is 0.418. The number of carbonyl (C=O) groups is 1. The monoisotopic (exact) mass is 493 g/mol. The summed E-state index contributed by atoms with van der Waals surface area (Å²) in [6.45, 7) is 4.82. The fraction of sp³-hybridized carbons (Fsp3) is 0.208. The number of fused-ring (bicyclic) bond motifs is 2. The molecule has 180 valence electrons. The number of aromatic nitrogens is 3. The molecule has 11 heteroatoms. The van der Waals surface area contributed by atoms with Crippen LogP contribution in [0.1, 0.15) is 30.2 Å². The first-order valence-corrected chi connectivity index (χ1v) is 12.5. The van der Waals surface area contributed by atoms with Gasteiger partial charge in [-0.05, 0) is 56.3 Å². The molecule has 1 aliphatic heterocycles. The average molecular weight is 494 g/mol. The maximum absolute atomic E-state index is 12.8. The van der Waals surface area contributed by atoms with Gasteiger partial charge in [-0.15, -0.1) is 0 Å². The highest BCUT2D eigenvalue weighted by molar-refractivity contribution is 7.92. The molecule has 0 aliphatic carbocycles. The maximum Gasteiger partial charge on any atom is 0.262 e. The minimum Gasteiger partial charge on any atom is -0.486 e. The molecule has 0 saturated carbocycles. The Morgan fingerprint density at radius 2 is 1.71 bits per heavy atom. The van der Waals surface area contributed by atoms with Crippen LogP contribution in [0.15, 0.2) is 65.8 Å². The normalized spacial score (nSPS) is 13.1. The SMILES string of the molecule is CC(C)n1ncc2cc(NC(=O)c3ccc(NS(=O)(=O)c4ccc5c(c4)OCCO5)cc3)cnc21. The van der Waals surface area contributed by atoms with E-state index in [1.54, 1.807) is 30.6 Å². The number of nitrogens with one attached hydrogen (secondary N) is 2. The number of amides is 1. The summed E-state index contributed by atoms with van der Waals surface area (Å²) >= 11 is 0. The second kappa shape index (κ2) is 8.91. The third-order valence-corrected chi connectivity index (χ3v) is 6.78. The van der Waals surface area contributed by atoms with E-state index in [-0.39, 0.29) is 16.8 Å². The van der Waals surface area contributed by atoms with Crippen molar-refractivity contribution in [2.24, 2.45) is 0 Å². The third kappa shape index (κ3) is 4.62. The van der Waals surface area contributed by atoms with E-state index in [1.165, 1.54) is 24.3 Å². The molecule has 4 aromatic rings. The van der Waals surface area contributed by atoms with Gasteiger partial charge in [0.1, 0.15) is 13.2 Å². The molecule has 5 rings (SSSR count). The van der Waals surface area contributed by atoms with Crippen LogP contribution in [0.3, 0.4) is 0 Å². The van der Waals surface area contributed by atoms with Crippen LogP contribution in [0.5, 0.6) is 11.5 Å². The molecular weight excluding hydrogens is 470 g/mol. The Bertz CT molecular complexity index is 1510. The smallest absolute Gasteiger partial charge is 0.262 e. The van der Waals surface area contributed by atoms with Gasteiger partial charge in [-0.2, -0.15) is 5.10 Å². The molecule has 1 amide bonds. The molecule has 0 fully saturated rings. The van der Waals surface area contributed by atoms with Crippen LogP contribution in [-0.2, 0) is 10.0 Å². The molecule has 10 nitrogen and oxygen atoms in total. The zero-order valence-electron chi connectivity index (χ0n) is 19.1. The Labute approximate surface area is 201 Å². The lowest BCUT2D eigenvalue weighted by atomic mass is 10.2. The highest BCUT2D eigenvalue weighted by Gasteiger charge is 2.20. The molecule has 0 spiro atoms. The van der Waals surface area contributed by atoms with Crippen molar-refractivity contribution in [1.82, 2.24) is 14.8 Å². The molecule has 1 aliphatic rings. The van der Waals surface area contributed by atoms with Crippen molar-refractivity contribution in [2.45, 2.75) is 24.8 Å². The highest BCUT2D eigenvalue weighted by atomic mass is 32.2. The van der Waals surface area contributed by atoms with Crippen molar-refractivity contribution in [2.75, 3.05) is 23.3 Å². The van der Waals surface area contributed by atoms with Crippen LogP contribution in [0.2, 0.25) is 0 Å². The van der Waals surface area contributed by atoms with Gasteiger partial charge in [0.05, 0.1) is 23.0 Å². The number of sulfonamides is 1. The lowest BCUT2D eigenvalue weighted by Crippen LogP contribution is -2.17. The van der Waals surface area contributed by atoms with E-state index in [0.29, 0.717) is 41.7 Å². The predicted molar refractivity (Wildman–Crippen MR) is 131 cm³/mol. The van der Waals surface area contributed by atoms with Crippen LogP contribution in [0, 0.1) is 0 Å². The van der Waals surface area contributed by atoms with Gasteiger partial charge in [-0.3, -0.25) is 9.52 Å². The van der Waals surface area contributed by atoms with Crippen molar-refractivity contribution >= 4 is 38.3 Å². The first-order valence-electron chi connectivity index (χ1n) is 11.0. The van der Waals surface area contributed by atoms with Crippen molar-refractivity contribution in [1.29, 1.82) is 0 Å². The summed E-state index contributed by atoms with van der Waals surface area (Å²) in [5.41, 5.74) is 1.97. The van der Waals surface area contributed by atoms with Crippen LogP contribution >= 0.6 is 0 Å². The lowest BCUT2D eigenvalue weighted by Gasteiger charge is -2.19. The summed E-state index contributed by atoms with van der Waals surface area (Å²) in [6, 6.07) is 12.6. The van der Waals surface area contributed by atoms with Gasteiger partial charge in [0.2, 0.25) is 0 Å². The van der Waals surface area contributed by atoms with Crippen molar-refractivity contribution in [3.05, 3.63) is 66.5 Å². The standard InChI is InChI=1S/C24H23N5O5S/c1-15(2)29-23-17(13-26-29)11-19(14-25-23)27-24(30)16-3-5-18(6-4-16)28-35(31,32)20-7-8-21-22(12-20)34-10-9-33-21/h3-8,11-15,28H,9-10H2,1-2H3,(H,27,30).